The van der Waals surface area contributed by atoms with Gasteiger partial charge >= 0.3 is 12.0 Å². The fourth-order valence-corrected chi connectivity index (χ4v) is 11.7. The Hall–Kier alpha value is -5.56. The highest BCUT2D eigenvalue weighted by molar-refractivity contribution is 5.97. The van der Waals surface area contributed by atoms with E-state index in [9.17, 15) is 24.0 Å². The number of hydrogen-bond donors (Lipinski definition) is 2. The fraction of sp³-hybridized carbons (Fsp3) is 0.600. The molecule has 6 bridgehead atoms. The molecule has 4 saturated heterocycles. The van der Waals surface area contributed by atoms with Crippen LogP contribution in [0.15, 0.2) is 49.2 Å². The third kappa shape index (κ3) is 8.51. The molecular formula is C50H67N9O9. The summed E-state index contributed by atoms with van der Waals surface area (Å²) in [4.78, 5) is 82.0. The van der Waals surface area contributed by atoms with Crippen molar-refractivity contribution >= 4 is 46.3 Å². The lowest BCUT2D eigenvalue weighted by atomic mass is 9.67. The summed E-state index contributed by atoms with van der Waals surface area (Å²) in [6.07, 6.45) is 3.83. The SMILES string of the molecule is C=CC(=O)N1CO[C@@]2(CCN(C(=O)N(C)[C@H](C(=O)N[C@H]3C[C@H]4CN(CCO4)c4ccc5c(c4)c4c(n5CC)-c5cccnc5[C@@H](OC)C4C(C)(C)COC(=O)[C@@H]4CCCN(N4)C3=O)C(C)C)C2)C1. The Balaban J connectivity index is 1.03. The Morgan fingerprint density at radius 2 is 1.91 bits per heavy atom. The minimum atomic E-state index is -1.07. The summed E-state index contributed by atoms with van der Waals surface area (Å²) >= 11 is 0. The first-order valence-electron chi connectivity index (χ1n) is 24.2. The van der Waals surface area contributed by atoms with Gasteiger partial charge in [-0.2, -0.15) is 0 Å². The summed E-state index contributed by atoms with van der Waals surface area (Å²) in [7, 11) is 3.32. The molecule has 5 amide bonds. The summed E-state index contributed by atoms with van der Waals surface area (Å²) in [6.45, 7) is 17.4. The van der Waals surface area contributed by atoms with Crippen LogP contribution in [0.4, 0.5) is 10.5 Å². The van der Waals surface area contributed by atoms with Crippen LogP contribution in [-0.4, -0.2) is 162 Å². The molecule has 68 heavy (non-hydrogen) atoms. The number of fused-ring (bicyclic) bond motifs is 8. The maximum Gasteiger partial charge on any atom is 0.324 e. The van der Waals surface area contributed by atoms with Gasteiger partial charge in [0.15, 0.2) is 0 Å². The van der Waals surface area contributed by atoms with Gasteiger partial charge in [-0.05, 0) is 74.1 Å². The van der Waals surface area contributed by atoms with Crippen LogP contribution in [-0.2, 0) is 44.7 Å². The number of carbonyl (C=O) groups is 5. The van der Waals surface area contributed by atoms with Gasteiger partial charge in [0.05, 0.1) is 43.8 Å². The van der Waals surface area contributed by atoms with E-state index in [4.69, 9.17) is 23.9 Å². The van der Waals surface area contributed by atoms with Crippen molar-refractivity contribution in [2.45, 2.75) is 109 Å². The van der Waals surface area contributed by atoms with Gasteiger partial charge in [-0.1, -0.05) is 34.3 Å². The highest BCUT2D eigenvalue weighted by Crippen LogP contribution is 2.57. The van der Waals surface area contributed by atoms with E-state index in [1.807, 2.05) is 19.9 Å². The number of nitrogens with one attached hydrogen (secondary N) is 2. The second-order valence-corrected chi connectivity index (χ2v) is 20.4. The predicted octanol–water partition coefficient (Wildman–Crippen LogP) is 4.19. The van der Waals surface area contributed by atoms with Crippen LogP contribution in [0.25, 0.3) is 22.2 Å². The van der Waals surface area contributed by atoms with E-state index in [2.05, 4.69) is 71.8 Å². The number of benzene rings is 1. The van der Waals surface area contributed by atoms with Crippen LogP contribution >= 0.6 is 0 Å². The van der Waals surface area contributed by atoms with Crippen LogP contribution in [0, 0.1) is 11.3 Å². The number of cyclic esters (lactones) is 1. The first kappa shape index (κ1) is 47.5. The van der Waals surface area contributed by atoms with Crippen molar-refractivity contribution in [2.24, 2.45) is 11.3 Å². The Bertz CT molecular complexity index is 2470. The number of methoxy groups -OCH3 is 1. The third-order valence-electron chi connectivity index (χ3n) is 15.1. The molecular weight excluding hydrogens is 871 g/mol. The van der Waals surface area contributed by atoms with E-state index in [1.54, 1.807) is 30.2 Å². The zero-order valence-corrected chi connectivity index (χ0v) is 40.5. The summed E-state index contributed by atoms with van der Waals surface area (Å²) in [5.41, 5.74) is 7.99. The number of likely N-dealkylation sites (tertiary alicyclic amines) is 1. The van der Waals surface area contributed by atoms with Crippen molar-refractivity contribution in [1.82, 2.24) is 40.0 Å². The number of ether oxygens (including phenoxy) is 4. The summed E-state index contributed by atoms with van der Waals surface area (Å²) in [5.74, 6) is -2.18. The maximum absolute atomic E-state index is 14.8. The number of morpholine rings is 1. The van der Waals surface area contributed by atoms with Crippen LogP contribution in [0.2, 0.25) is 0 Å². The second-order valence-electron chi connectivity index (χ2n) is 20.4. The second kappa shape index (κ2) is 18.7. The minimum absolute atomic E-state index is 0.0775. The van der Waals surface area contributed by atoms with Gasteiger partial charge in [0, 0.05) is 93.0 Å². The molecule has 366 valence electrons. The molecule has 3 aromatic rings. The van der Waals surface area contributed by atoms with Gasteiger partial charge in [-0.25, -0.2) is 10.2 Å². The Kier molecular flexibility index (Phi) is 13.1. The number of carbonyl (C=O) groups excluding carboxylic acids is 5. The molecule has 1 aromatic carbocycles. The first-order chi connectivity index (χ1) is 32.6. The number of amides is 5. The van der Waals surface area contributed by atoms with Crippen LogP contribution in [0.1, 0.15) is 83.6 Å². The van der Waals surface area contributed by atoms with Crippen molar-refractivity contribution in [3.63, 3.8) is 0 Å². The van der Waals surface area contributed by atoms with Gasteiger partial charge in [0.2, 0.25) is 11.8 Å². The molecule has 7 atom stereocenters. The average Bonchev–Trinajstić information content (AvgIpc) is 4.06. The summed E-state index contributed by atoms with van der Waals surface area (Å²) in [6, 6.07) is 7.47. The first-order valence-corrected chi connectivity index (χ1v) is 24.2. The van der Waals surface area contributed by atoms with Gasteiger partial charge < -0.3 is 48.4 Å². The van der Waals surface area contributed by atoms with Gasteiger partial charge in [-0.15, -0.1) is 0 Å². The lowest BCUT2D eigenvalue weighted by Gasteiger charge is -2.42. The molecule has 2 N–H and O–H groups in total. The van der Waals surface area contributed by atoms with E-state index < -0.39 is 59.1 Å². The fourth-order valence-electron chi connectivity index (χ4n) is 11.7. The monoisotopic (exact) mass is 938 g/mol. The molecule has 7 heterocycles. The average molecular weight is 938 g/mol. The number of rotatable bonds is 7. The number of hydrogen-bond acceptors (Lipinski definition) is 12. The molecule has 18 heteroatoms. The molecule has 1 unspecified atom stereocenters. The topological polar surface area (TPSA) is 180 Å². The summed E-state index contributed by atoms with van der Waals surface area (Å²) < 4.78 is 27.5. The van der Waals surface area contributed by atoms with Crippen molar-refractivity contribution in [1.29, 1.82) is 0 Å². The number of aryl methyl sites for hydroxylation is 1. The molecule has 4 fully saturated rings. The molecule has 0 radical (unpaired) electrons. The van der Waals surface area contributed by atoms with Gasteiger partial charge in [0.25, 0.3) is 5.91 Å². The lowest BCUT2D eigenvalue weighted by Crippen LogP contribution is -2.63. The molecule has 5 aliphatic heterocycles. The van der Waals surface area contributed by atoms with Crippen LogP contribution in [0.5, 0.6) is 0 Å². The molecule has 1 spiro atoms. The normalized spacial score (nSPS) is 27.5. The Morgan fingerprint density at radius 3 is 2.66 bits per heavy atom. The number of pyridine rings is 1. The molecule has 6 aliphatic rings. The third-order valence-corrected chi connectivity index (χ3v) is 15.1. The quantitative estimate of drug-likeness (QED) is 0.255. The van der Waals surface area contributed by atoms with E-state index in [0.29, 0.717) is 58.6 Å². The van der Waals surface area contributed by atoms with E-state index in [0.717, 1.165) is 45.6 Å². The summed E-state index contributed by atoms with van der Waals surface area (Å²) in [5, 5.41) is 5.59. The van der Waals surface area contributed by atoms with E-state index in [-0.39, 0.29) is 50.1 Å². The minimum Gasteiger partial charge on any atom is -0.464 e. The largest absolute Gasteiger partial charge is 0.464 e. The molecule has 9 rings (SSSR count). The van der Waals surface area contributed by atoms with Crippen molar-refractivity contribution < 1.29 is 42.9 Å². The number of likely N-dealkylation sites (N-methyl/N-ethyl adjacent to an activating group) is 1. The van der Waals surface area contributed by atoms with E-state index in [1.165, 1.54) is 16.0 Å². The lowest BCUT2D eigenvalue weighted by molar-refractivity contribution is -0.157. The number of esters is 1. The highest BCUT2D eigenvalue weighted by atomic mass is 16.5. The van der Waals surface area contributed by atoms with Crippen LogP contribution in [0.3, 0.4) is 0 Å². The number of urea groups is 1. The molecule has 2 aromatic heterocycles. The Labute approximate surface area is 398 Å². The predicted molar refractivity (Wildman–Crippen MR) is 253 cm³/mol. The maximum atomic E-state index is 14.8. The smallest absolute Gasteiger partial charge is 0.324 e. The van der Waals surface area contributed by atoms with Crippen molar-refractivity contribution in [2.75, 3.05) is 78.3 Å². The number of anilines is 1. The van der Waals surface area contributed by atoms with Crippen LogP contribution < -0.4 is 15.6 Å². The zero-order chi connectivity index (χ0) is 48.2. The zero-order valence-electron chi connectivity index (χ0n) is 40.5. The standard InChI is InChI=1S/C50H67N9O9/c1-9-38(60)57-27-50(68-29-57)17-20-56(26-50)48(64)54(7)42(30(3)4)45(61)52-36-24-32-25-55(21-22-66-32)31-15-16-37-34(23-31)39-40(44(65-8)41-33(13-11-18-51-41)43(39)58(37)10-2)49(5,6)28-67-47(63)35-14-12-19-59(53-35)46(36)62/h9,11,13,15-16,18,23,30,32,35-36,40,42,44,53H,1,10,12,14,17,19-22,24-29H2,2-8H3,(H,52,61)/t32-,35-,36-,40?,42-,44-,50+/m0/s1. The van der Waals surface area contributed by atoms with Gasteiger partial charge in [0.1, 0.15) is 36.6 Å². The molecule has 0 saturated carbocycles. The number of hydrazine groups is 1. The van der Waals surface area contributed by atoms with Gasteiger partial charge in [-0.3, -0.25) is 29.2 Å². The van der Waals surface area contributed by atoms with E-state index >= 15 is 0 Å². The Morgan fingerprint density at radius 1 is 1.12 bits per heavy atom. The number of nitrogens with zero attached hydrogens (tertiary/aromatic N) is 7. The molecule has 1 aliphatic carbocycles. The van der Waals surface area contributed by atoms with Crippen molar-refractivity contribution in [3.05, 3.63) is 60.4 Å². The highest BCUT2D eigenvalue weighted by Gasteiger charge is 2.50. The van der Waals surface area contributed by atoms with Crippen molar-refractivity contribution in [3.8, 4) is 11.3 Å². The number of aromatic nitrogens is 2. The molecule has 18 nitrogen and oxygen atoms in total.